The number of aromatic nitrogens is 3. The van der Waals surface area contributed by atoms with Crippen LogP contribution in [0.2, 0.25) is 0 Å². The number of halogens is 1. The molecule has 20 heavy (non-hydrogen) atoms. The summed E-state index contributed by atoms with van der Waals surface area (Å²) in [6.07, 6.45) is 4.54. The Bertz CT molecular complexity index is 568. The molecule has 0 atom stereocenters. The van der Waals surface area contributed by atoms with Gasteiger partial charge in [0.1, 0.15) is 12.4 Å². The summed E-state index contributed by atoms with van der Waals surface area (Å²) in [6, 6.07) is 8.52. The van der Waals surface area contributed by atoms with Gasteiger partial charge in [-0.05, 0) is 40.9 Å². The van der Waals surface area contributed by atoms with E-state index in [0.29, 0.717) is 19.2 Å². The quantitative estimate of drug-likeness (QED) is 0.843. The molecule has 6 heteroatoms. The second-order valence-corrected chi connectivity index (χ2v) is 5.76. The van der Waals surface area contributed by atoms with E-state index in [2.05, 4.69) is 31.6 Å². The third-order valence-electron chi connectivity index (χ3n) is 3.15. The minimum absolute atomic E-state index is 0.571. The molecule has 0 aliphatic heterocycles. The van der Waals surface area contributed by atoms with E-state index < -0.39 is 0 Å². The molecular weight excluding hydrogens is 320 g/mol. The fourth-order valence-corrected chi connectivity index (χ4v) is 2.28. The summed E-state index contributed by atoms with van der Waals surface area (Å²) in [5.74, 6) is 0.850. The monoisotopic (exact) mass is 336 g/mol. The normalized spacial score (nSPS) is 14.4. The first kappa shape index (κ1) is 13.6. The lowest BCUT2D eigenvalue weighted by Gasteiger charge is -2.07. The second kappa shape index (κ2) is 6.37. The summed E-state index contributed by atoms with van der Waals surface area (Å²) < 4.78 is 8.49. The summed E-state index contributed by atoms with van der Waals surface area (Å²) in [5, 5.41) is 11.7. The van der Waals surface area contributed by atoms with Crippen molar-refractivity contribution in [2.24, 2.45) is 0 Å². The zero-order chi connectivity index (χ0) is 13.8. The van der Waals surface area contributed by atoms with Gasteiger partial charge in [-0.2, -0.15) is 0 Å². The van der Waals surface area contributed by atoms with Crippen LogP contribution in [0.3, 0.4) is 0 Å². The Kier molecular flexibility index (Phi) is 4.32. The van der Waals surface area contributed by atoms with Gasteiger partial charge < -0.3 is 10.1 Å². The van der Waals surface area contributed by atoms with Crippen LogP contribution >= 0.6 is 15.9 Å². The lowest BCUT2D eigenvalue weighted by molar-refractivity contribution is 0.288. The molecule has 0 spiro atoms. The third-order valence-corrected chi connectivity index (χ3v) is 3.81. The van der Waals surface area contributed by atoms with Crippen LogP contribution < -0.4 is 10.1 Å². The fourth-order valence-electron chi connectivity index (χ4n) is 1.88. The average Bonchev–Trinajstić information content (AvgIpc) is 3.18. The molecular formula is C14H17BrN4O. The van der Waals surface area contributed by atoms with Crippen molar-refractivity contribution in [3.8, 4) is 5.75 Å². The van der Waals surface area contributed by atoms with Gasteiger partial charge >= 0.3 is 0 Å². The van der Waals surface area contributed by atoms with E-state index in [-0.39, 0.29) is 0 Å². The van der Waals surface area contributed by atoms with Gasteiger partial charge in [0.15, 0.2) is 0 Å². The zero-order valence-corrected chi connectivity index (χ0v) is 12.7. The number of benzene rings is 1. The second-order valence-electron chi connectivity index (χ2n) is 4.91. The molecule has 1 saturated carbocycles. The van der Waals surface area contributed by atoms with Crippen molar-refractivity contribution >= 4 is 15.9 Å². The van der Waals surface area contributed by atoms with Crippen molar-refractivity contribution in [3.63, 3.8) is 0 Å². The Morgan fingerprint density at radius 2 is 2.20 bits per heavy atom. The van der Waals surface area contributed by atoms with Crippen LogP contribution in [0.5, 0.6) is 5.75 Å². The van der Waals surface area contributed by atoms with Gasteiger partial charge in [0.25, 0.3) is 0 Å². The maximum Gasteiger partial charge on any atom is 0.133 e. The van der Waals surface area contributed by atoms with Crippen LogP contribution in [0.25, 0.3) is 0 Å². The van der Waals surface area contributed by atoms with Crippen LogP contribution in [0.1, 0.15) is 18.5 Å². The van der Waals surface area contributed by atoms with Crippen LogP contribution in [0, 0.1) is 0 Å². The van der Waals surface area contributed by atoms with E-state index in [1.165, 1.54) is 12.8 Å². The molecule has 5 nitrogen and oxygen atoms in total. The predicted molar refractivity (Wildman–Crippen MR) is 79.5 cm³/mol. The Morgan fingerprint density at radius 1 is 1.35 bits per heavy atom. The van der Waals surface area contributed by atoms with Gasteiger partial charge in [-0.25, -0.2) is 4.68 Å². The average molecular weight is 337 g/mol. The molecule has 0 saturated heterocycles. The van der Waals surface area contributed by atoms with Gasteiger partial charge in [-0.1, -0.05) is 17.3 Å². The first-order chi connectivity index (χ1) is 9.81. The van der Waals surface area contributed by atoms with Crippen LogP contribution in [0.4, 0.5) is 0 Å². The number of ether oxygens (including phenoxy) is 1. The molecule has 106 valence electrons. The fraction of sp³-hybridized carbons (Fsp3) is 0.429. The molecule has 1 aromatic heterocycles. The largest absolute Gasteiger partial charge is 0.490 e. The first-order valence-corrected chi connectivity index (χ1v) is 7.60. The van der Waals surface area contributed by atoms with E-state index in [4.69, 9.17) is 4.74 Å². The van der Waals surface area contributed by atoms with E-state index in [0.717, 1.165) is 22.5 Å². The van der Waals surface area contributed by atoms with Crippen molar-refractivity contribution in [1.82, 2.24) is 20.3 Å². The Hall–Kier alpha value is -1.40. The van der Waals surface area contributed by atoms with Crippen LogP contribution in [-0.2, 0) is 13.1 Å². The Balaban J connectivity index is 1.45. The highest BCUT2D eigenvalue weighted by atomic mass is 79.9. The van der Waals surface area contributed by atoms with Crippen molar-refractivity contribution in [1.29, 1.82) is 0 Å². The first-order valence-electron chi connectivity index (χ1n) is 6.81. The van der Waals surface area contributed by atoms with E-state index in [9.17, 15) is 0 Å². The SMILES string of the molecule is Brc1ccccc1OCCn1cc(CNC2CC2)nn1. The highest BCUT2D eigenvalue weighted by Gasteiger charge is 2.20. The Labute approximate surface area is 126 Å². The van der Waals surface area contributed by atoms with Crippen molar-refractivity contribution in [2.75, 3.05) is 6.61 Å². The molecule has 3 rings (SSSR count). The number of nitrogens with zero attached hydrogens (tertiary/aromatic N) is 3. The maximum absolute atomic E-state index is 5.71. The van der Waals surface area contributed by atoms with E-state index in [1.54, 1.807) is 0 Å². The molecule has 0 radical (unpaired) electrons. The molecule has 1 N–H and O–H groups in total. The van der Waals surface area contributed by atoms with Crippen LogP contribution in [0.15, 0.2) is 34.9 Å². The van der Waals surface area contributed by atoms with Gasteiger partial charge in [-0.15, -0.1) is 5.10 Å². The number of hydrogen-bond acceptors (Lipinski definition) is 4. The van der Waals surface area contributed by atoms with Crippen molar-refractivity contribution < 1.29 is 4.74 Å². The van der Waals surface area contributed by atoms with Crippen molar-refractivity contribution in [2.45, 2.75) is 32.0 Å². The summed E-state index contributed by atoms with van der Waals surface area (Å²) in [4.78, 5) is 0. The highest BCUT2D eigenvalue weighted by Crippen LogP contribution is 2.23. The van der Waals surface area contributed by atoms with Crippen molar-refractivity contribution in [3.05, 3.63) is 40.6 Å². The number of hydrogen-bond donors (Lipinski definition) is 1. The van der Waals surface area contributed by atoms with Gasteiger partial charge in [0.2, 0.25) is 0 Å². The highest BCUT2D eigenvalue weighted by molar-refractivity contribution is 9.10. The lowest BCUT2D eigenvalue weighted by Crippen LogP contribution is -2.15. The summed E-state index contributed by atoms with van der Waals surface area (Å²) in [5.41, 5.74) is 0.984. The van der Waals surface area contributed by atoms with Gasteiger partial charge in [0.05, 0.1) is 16.7 Å². The molecule has 1 heterocycles. The predicted octanol–water partition coefficient (Wildman–Crippen LogP) is 2.37. The number of para-hydroxylation sites is 1. The molecule has 1 aliphatic carbocycles. The minimum Gasteiger partial charge on any atom is -0.490 e. The zero-order valence-electron chi connectivity index (χ0n) is 11.1. The Morgan fingerprint density at radius 3 is 3.00 bits per heavy atom. The van der Waals surface area contributed by atoms with Gasteiger partial charge in [0, 0.05) is 18.8 Å². The van der Waals surface area contributed by atoms with E-state index in [1.807, 2.05) is 35.1 Å². The molecule has 1 fully saturated rings. The molecule has 1 aliphatic rings. The molecule has 1 aromatic carbocycles. The molecule has 0 amide bonds. The number of rotatable bonds is 7. The summed E-state index contributed by atoms with van der Waals surface area (Å²) in [6.45, 7) is 2.06. The smallest absolute Gasteiger partial charge is 0.133 e. The molecule has 2 aromatic rings. The summed E-state index contributed by atoms with van der Waals surface area (Å²) >= 11 is 3.46. The topological polar surface area (TPSA) is 52.0 Å². The molecule has 0 bridgehead atoms. The lowest BCUT2D eigenvalue weighted by atomic mass is 10.3. The summed E-state index contributed by atoms with van der Waals surface area (Å²) in [7, 11) is 0. The minimum atomic E-state index is 0.571. The standard InChI is InChI=1S/C14H17BrN4O/c15-13-3-1-2-4-14(13)20-8-7-19-10-12(17-18-19)9-16-11-5-6-11/h1-4,10-11,16H,5-9H2. The molecule has 0 unspecified atom stereocenters. The number of nitrogens with one attached hydrogen (secondary N) is 1. The van der Waals surface area contributed by atoms with E-state index >= 15 is 0 Å². The van der Waals surface area contributed by atoms with Gasteiger partial charge in [-0.3, -0.25) is 0 Å². The maximum atomic E-state index is 5.71. The van der Waals surface area contributed by atoms with Crippen LogP contribution in [-0.4, -0.2) is 27.6 Å². The third kappa shape index (κ3) is 3.80.